The maximum absolute atomic E-state index is 14.0. The fourth-order valence-corrected chi connectivity index (χ4v) is 4.26. The van der Waals surface area contributed by atoms with Crippen molar-refractivity contribution < 1.29 is 14.2 Å². The maximum Gasteiger partial charge on any atom is 0.247 e. The van der Waals surface area contributed by atoms with E-state index in [1.54, 1.807) is 30.3 Å². The quantitative estimate of drug-likeness (QED) is 0.366. The van der Waals surface area contributed by atoms with Gasteiger partial charge in [-0.15, -0.1) is 10.2 Å². The highest BCUT2D eigenvalue weighted by Crippen LogP contribution is 2.40. The summed E-state index contributed by atoms with van der Waals surface area (Å²) in [6.45, 7) is 0. The third-order valence-electron chi connectivity index (χ3n) is 4.92. The Bertz CT molecular complexity index is 1310. The molecule has 1 aliphatic rings. The van der Waals surface area contributed by atoms with Gasteiger partial charge in [-0.3, -0.25) is 0 Å². The normalized spacial score (nSPS) is 14.5. The molecule has 9 heteroatoms. The molecule has 3 aromatic carbocycles. The average Bonchev–Trinajstić information content (AvgIpc) is 2.97. The van der Waals surface area contributed by atoms with Crippen LogP contribution >= 0.6 is 23.4 Å². The number of ether oxygens (including phenoxy) is 1. The van der Waals surface area contributed by atoms with Crippen LogP contribution in [0.4, 0.5) is 10.1 Å². The lowest BCUT2D eigenvalue weighted by molar-refractivity contribution is 0.225. The van der Waals surface area contributed by atoms with Crippen molar-refractivity contribution in [1.82, 2.24) is 15.2 Å². The number of thioether (sulfide) groups is 1. The Kier molecular flexibility index (Phi) is 5.55. The molecular weight excluding hydrogens is 451 g/mol. The van der Waals surface area contributed by atoms with Crippen LogP contribution in [0.3, 0.4) is 0 Å². The number of hydrogen-bond donors (Lipinski definition) is 2. The molecule has 2 N–H and O–H groups in total. The molecule has 0 fully saturated rings. The highest BCUT2D eigenvalue weighted by atomic mass is 35.5. The van der Waals surface area contributed by atoms with Gasteiger partial charge >= 0.3 is 0 Å². The molecule has 0 unspecified atom stereocenters. The van der Waals surface area contributed by atoms with Crippen molar-refractivity contribution in [3.8, 4) is 22.9 Å². The molecule has 1 atom stereocenters. The second-order valence-electron chi connectivity index (χ2n) is 7.03. The number of aromatic nitrogens is 3. The van der Waals surface area contributed by atoms with Gasteiger partial charge < -0.3 is 15.2 Å². The van der Waals surface area contributed by atoms with E-state index in [4.69, 9.17) is 16.3 Å². The molecule has 0 saturated carbocycles. The SMILES string of the molecule is Oc1ccc([C@@H]2Nc3ccccc3-c3nnc(SCc4ccccc4F)nc3O2)cc1Cl. The van der Waals surface area contributed by atoms with Gasteiger partial charge in [0.1, 0.15) is 11.6 Å². The van der Waals surface area contributed by atoms with Gasteiger partial charge in [-0.05, 0) is 35.9 Å². The van der Waals surface area contributed by atoms with E-state index in [-0.39, 0.29) is 16.6 Å². The zero-order valence-electron chi connectivity index (χ0n) is 16.5. The number of aromatic hydroxyl groups is 1. The largest absolute Gasteiger partial charge is 0.506 e. The summed E-state index contributed by atoms with van der Waals surface area (Å²) in [7, 11) is 0. The lowest BCUT2D eigenvalue weighted by Gasteiger charge is -2.19. The summed E-state index contributed by atoms with van der Waals surface area (Å²) in [6.07, 6.45) is -0.628. The third kappa shape index (κ3) is 4.06. The van der Waals surface area contributed by atoms with Crippen LogP contribution in [0.2, 0.25) is 5.02 Å². The van der Waals surface area contributed by atoms with Gasteiger partial charge in [0.15, 0.2) is 11.9 Å². The number of hydrogen-bond acceptors (Lipinski definition) is 7. The van der Waals surface area contributed by atoms with Crippen molar-refractivity contribution in [2.75, 3.05) is 5.32 Å². The molecule has 0 radical (unpaired) electrons. The molecule has 2 heterocycles. The monoisotopic (exact) mass is 466 g/mol. The maximum atomic E-state index is 14.0. The Labute approximate surface area is 192 Å². The highest BCUT2D eigenvalue weighted by molar-refractivity contribution is 7.98. The molecule has 32 heavy (non-hydrogen) atoms. The molecule has 6 nitrogen and oxygen atoms in total. The lowest BCUT2D eigenvalue weighted by atomic mass is 10.1. The van der Waals surface area contributed by atoms with Crippen LogP contribution in [0, 0.1) is 5.82 Å². The number of phenols is 1. The zero-order chi connectivity index (χ0) is 22.1. The average molecular weight is 467 g/mol. The van der Waals surface area contributed by atoms with Crippen LogP contribution in [0.1, 0.15) is 17.4 Å². The first-order valence-electron chi connectivity index (χ1n) is 9.70. The lowest BCUT2D eigenvalue weighted by Crippen LogP contribution is -2.17. The van der Waals surface area contributed by atoms with Crippen molar-refractivity contribution in [2.24, 2.45) is 0 Å². The van der Waals surface area contributed by atoms with Crippen molar-refractivity contribution >= 4 is 29.1 Å². The second-order valence-corrected chi connectivity index (χ2v) is 8.38. The summed E-state index contributed by atoms with van der Waals surface area (Å²) < 4.78 is 20.1. The first-order valence-corrected chi connectivity index (χ1v) is 11.1. The minimum Gasteiger partial charge on any atom is -0.506 e. The Hall–Kier alpha value is -3.36. The molecule has 0 aliphatic carbocycles. The molecule has 0 spiro atoms. The fourth-order valence-electron chi connectivity index (χ4n) is 3.30. The van der Waals surface area contributed by atoms with Gasteiger partial charge in [0.05, 0.1) is 5.02 Å². The van der Waals surface area contributed by atoms with E-state index in [0.29, 0.717) is 33.6 Å². The molecule has 1 aromatic heterocycles. The number of rotatable bonds is 4. The van der Waals surface area contributed by atoms with E-state index in [9.17, 15) is 9.50 Å². The molecular formula is C23H16ClFN4O2S. The van der Waals surface area contributed by atoms with Crippen molar-refractivity contribution in [1.29, 1.82) is 0 Å². The second kappa shape index (κ2) is 8.64. The van der Waals surface area contributed by atoms with E-state index in [2.05, 4.69) is 20.5 Å². The molecule has 5 rings (SSSR count). The minimum absolute atomic E-state index is 0.0133. The van der Waals surface area contributed by atoms with Crippen LogP contribution < -0.4 is 10.1 Å². The Balaban J connectivity index is 1.50. The zero-order valence-corrected chi connectivity index (χ0v) is 18.1. The van der Waals surface area contributed by atoms with Crippen molar-refractivity contribution in [2.45, 2.75) is 17.1 Å². The van der Waals surface area contributed by atoms with Gasteiger partial charge in [0.2, 0.25) is 11.0 Å². The topological polar surface area (TPSA) is 80.2 Å². The number of nitrogens with one attached hydrogen (secondary N) is 1. The molecule has 0 bridgehead atoms. The molecule has 4 aromatic rings. The third-order valence-corrected chi connectivity index (χ3v) is 6.11. The summed E-state index contributed by atoms with van der Waals surface area (Å²) in [6, 6.07) is 19.0. The van der Waals surface area contributed by atoms with E-state index < -0.39 is 6.23 Å². The van der Waals surface area contributed by atoms with E-state index in [0.717, 1.165) is 11.3 Å². The Morgan fingerprint density at radius 1 is 1.06 bits per heavy atom. The van der Waals surface area contributed by atoms with Crippen LogP contribution in [-0.2, 0) is 5.75 Å². The first-order chi connectivity index (χ1) is 15.6. The summed E-state index contributed by atoms with van der Waals surface area (Å²) in [5.41, 5.74) is 3.34. The van der Waals surface area contributed by atoms with Gasteiger partial charge in [0, 0.05) is 22.6 Å². The Morgan fingerprint density at radius 2 is 1.88 bits per heavy atom. The Morgan fingerprint density at radius 3 is 2.72 bits per heavy atom. The highest BCUT2D eigenvalue weighted by Gasteiger charge is 2.26. The molecule has 1 aliphatic heterocycles. The fraction of sp³-hybridized carbons (Fsp3) is 0.0870. The minimum atomic E-state index is -0.628. The van der Waals surface area contributed by atoms with Crippen molar-refractivity contribution in [3.05, 3.63) is 88.7 Å². The summed E-state index contributed by atoms with van der Waals surface area (Å²) in [5.74, 6) is 0.364. The number of phenolic OH excluding ortho intramolecular Hbond substituents is 1. The molecule has 0 amide bonds. The van der Waals surface area contributed by atoms with Gasteiger partial charge in [0.25, 0.3) is 0 Å². The van der Waals surface area contributed by atoms with Crippen LogP contribution in [-0.4, -0.2) is 20.3 Å². The van der Waals surface area contributed by atoms with Crippen LogP contribution in [0.25, 0.3) is 11.3 Å². The molecule has 0 saturated heterocycles. The van der Waals surface area contributed by atoms with Gasteiger partial charge in [-0.25, -0.2) is 4.39 Å². The predicted octanol–water partition coefficient (Wildman–Crippen LogP) is 5.83. The number of anilines is 1. The summed E-state index contributed by atoms with van der Waals surface area (Å²) in [5, 5.41) is 22.3. The summed E-state index contributed by atoms with van der Waals surface area (Å²) in [4.78, 5) is 4.55. The smallest absolute Gasteiger partial charge is 0.247 e. The number of benzene rings is 3. The van der Waals surface area contributed by atoms with E-state index in [1.165, 1.54) is 23.9 Å². The van der Waals surface area contributed by atoms with E-state index in [1.807, 2.05) is 24.3 Å². The van der Waals surface area contributed by atoms with Gasteiger partial charge in [-0.1, -0.05) is 59.8 Å². The predicted molar refractivity (Wildman–Crippen MR) is 121 cm³/mol. The number of fused-ring (bicyclic) bond motifs is 3. The first kappa shape index (κ1) is 20.5. The molecule has 160 valence electrons. The van der Waals surface area contributed by atoms with Crippen molar-refractivity contribution in [3.63, 3.8) is 0 Å². The summed E-state index contributed by atoms with van der Waals surface area (Å²) >= 11 is 7.38. The number of halogens is 2. The number of nitrogens with zero attached hydrogens (tertiary/aromatic N) is 3. The number of para-hydroxylation sites is 1. The van der Waals surface area contributed by atoms with Crippen LogP contribution in [0.15, 0.2) is 71.9 Å². The standard InChI is InChI=1S/C23H16ClFN4O2S/c24-16-11-13(9-10-19(16)30)21-26-18-8-4-2-6-15(18)20-22(31-21)27-23(29-28-20)32-12-14-5-1-3-7-17(14)25/h1-11,21,26,30H,12H2/t21-/m1/s1. The van der Waals surface area contributed by atoms with E-state index >= 15 is 0 Å². The van der Waals surface area contributed by atoms with Gasteiger partial charge in [-0.2, -0.15) is 4.98 Å². The van der Waals surface area contributed by atoms with Crippen LogP contribution in [0.5, 0.6) is 11.6 Å².